The molecule has 0 amide bonds. The Labute approximate surface area is 139 Å². The molecule has 0 radical (unpaired) electrons. The van der Waals surface area contributed by atoms with Crippen LogP contribution >= 0.6 is 0 Å². The molecule has 1 saturated carbocycles. The fraction of sp³-hybridized carbons (Fsp3) is 1.00. The Balaban J connectivity index is 2.11. The molecule has 0 bridgehead atoms. The zero-order chi connectivity index (χ0) is 18.8. The Morgan fingerprint density at radius 1 is 0.810 bits per heavy atom. The molecule has 0 heterocycles. The molecule has 1 aliphatic carbocycles. The molecule has 0 aromatic rings. The SMILES string of the molecule is [2H]C([2H])(O)C([2H])([2H])CCCCC[C@H]1CCC[C@@H]1CCCCCCCC. The van der Waals surface area contributed by atoms with Crippen LogP contribution in [0.5, 0.6) is 0 Å². The minimum atomic E-state index is -2.74. The van der Waals surface area contributed by atoms with Crippen molar-refractivity contribution in [2.24, 2.45) is 11.8 Å². The van der Waals surface area contributed by atoms with E-state index in [9.17, 15) is 5.11 Å². The number of hydrogen-bond acceptors (Lipinski definition) is 1. The second-order valence-electron chi connectivity index (χ2n) is 6.90. The van der Waals surface area contributed by atoms with Crippen molar-refractivity contribution in [3.63, 3.8) is 0 Å². The average molecular weight is 301 g/mol. The van der Waals surface area contributed by atoms with Gasteiger partial charge in [0.25, 0.3) is 0 Å². The lowest BCUT2D eigenvalue weighted by molar-refractivity contribution is 0.281. The predicted octanol–water partition coefficient (Wildman–Crippen LogP) is 6.49. The lowest BCUT2D eigenvalue weighted by Crippen LogP contribution is -2.08. The van der Waals surface area contributed by atoms with Gasteiger partial charge in [-0.15, -0.1) is 0 Å². The number of rotatable bonds is 14. The van der Waals surface area contributed by atoms with Crippen LogP contribution in [0.15, 0.2) is 0 Å². The summed E-state index contributed by atoms with van der Waals surface area (Å²) >= 11 is 0. The molecule has 1 heteroatoms. The second-order valence-corrected chi connectivity index (χ2v) is 6.90. The van der Waals surface area contributed by atoms with Gasteiger partial charge in [-0.3, -0.25) is 0 Å². The molecule has 0 aliphatic heterocycles. The summed E-state index contributed by atoms with van der Waals surface area (Å²) in [5.41, 5.74) is 0. The zero-order valence-electron chi connectivity index (χ0n) is 18.2. The van der Waals surface area contributed by atoms with Gasteiger partial charge in [0.05, 0.1) is 2.74 Å². The molecular formula is C20H40O. The highest BCUT2D eigenvalue weighted by Crippen LogP contribution is 2.38. The molecule has 21 heavy (non-hydrogen) atoms. The van der Waals surface area contributed by atoms with E-state index < -0.39 is 12.9 Å². The van der Waals surface area contributed by atoms with Crippen molar-refractivity contribution in [1.82, 2.24) is 0 Å². The van der Waals surface area contributed by atoms with Gasteiger partial charge in [0.1, 0.15) is 0 Å². The van der Waals surface area contributed by atoms with E-state index in [-0.39, 0.29) is 6.42 Å². The molecule has 1 nitrogen and oxygen atoms in total. The van der Waals surface area contributed by atoms with E-state index in [2.05, 4.69) is 6.92 Å². The van der Waals surface area contributed by atoms with Crippen molar-refractivity contribution in [3.8, 4) is 0 Å². The van der Waals surface area contributed by atoms with E-state index in [1.807, 2.05) is 0 Å². The van der Waals surface area contributed by atoms with Crippen LogP contribution < -0.4 is 0 Å². The molecule has 126 valence electrons. The number of hydrogen-bond donors (Lipinski definition) is 1. The lowest BCUT2D eigenvalue weighted by atomic mass is 9.86. The Bertz CT molecular complexity index is 341. The van der Waals surface area contributed by atoms with Crippen molar-refractivity contribution in [3.05, 3.63) is 0 Å². The van der Waals surface area contributed by atoms with Crippen LogP contribution in [0.2, 0.25) is 0 Å². The molecule has 1 rings (SSSR count). The van der Waals surface area contributed by atoms with Crippen molar-refractivity contribution in [1.29, 1.82) is 0 Å². The first kappa shape index (κ1) is 13.4. The standard InChI is InChI=1S/C20H40O/c1-2-3-4-5-7-10-14-19-16-13-17-20(19)15-11-8-6-9-12-18-21/h19-21H,2-18H2,1H3/t19-,20-/m0/s1/i12D2,18D2. The third kappa shape index (κ3) is 9.55. The third-order valence-corrected chi connectivity index (χ3v) is 5.20. The first-order chi connectivity index (χ1) is 11.8. The minimum Gasteiger partial charge on any atom is -0.396 e. The van der Waals surface area contributed by atoms with Gasteiger partial charge in [-0.05, 0) is 18.2 Å². The molecule has 1 aliphatic rings. The zero-order valence-corrected chi connectivity index (χ0v) is 14.2. The van der Waals surface area contributed by atoms with Crippen LogP contribution in [0.3, 0.4) is 0 Å². The Morgan fingerprint density at radius 2 is 1.33 bits per heavy atom. The molecule has 0 spiro atoms. The lowest BCUT2D eigenvalue weighted by Gasteiger charge is -2.19. The highest BCUT2D eigenvalue weighted by atomic mass is 16.2. The van der Waals surface area contributed by atoms with Gasteiger partial charge >= 0.3 is 0 Å². The van der Waals surface area contributed by atoms with E-state index in [4.69, 9.17) is 5.48 Å². The molecular weight excluding hydrogens is 256 g/mol. The molecule has 0 unspecified atom stereocenters. The van der Waals surface area contributed by atoms with Crippen LogP contribution in [0.25, 0.3) is 0 Å². The molecule has 1 N–H and O–H groups in total. The average Bonchev–Trinajstić information content (AvgIpc) is 2.96. The summed E-state index contributed by atoms with van der Waals surface area (Å²) in [4.78, 5) is 0. The Kier molecular flexibility index (Phi) is 8.69. The van der Waals surface area contributed by atoms with Crippen molar-refractivity contribution < 1.29 is 10.6 Å². The van der Waals surface area contributed by atoms with E-state index in [1.54, 1.807) is 0 Å². The van der Waals surface area contributed by atoms with Crippen LogP contribution in [-0.4, -0.2) is 11.7 Å². The monoisotopic (exact) mass is 300 g/mol. The molecule has 1 fully saturated rings. The van der Waals surface area contributed by atoms with Crippen LogP contribution in [0.4, 0.5) is 0 Å². The molecule has 0 aromatic carbocycles. The first-order valence-electron chi connectivity index (χ1n) is 11.5. The largest absolute Gasteiger partial charge is 0.396 e. The van der Waals surface area contributed by atoms with Crippen LogP contribution in [0.1, 0.15) is 115 Å². The van der Waals surface area contributed by atoms with Gasteiger partial charge in [-0.25, -0.2) is 0 Å². The van der Waals surface area contributed by atoms with Crippen molar-refractivity contribution >= 4 is 0 Å². The summed E-state index contributed by atoms with van der Waals surface area (Å²) in [6, 6.07) is 0. The first-order valence-corrected chi connectivity index (χ1v) is 9.50. The van der Waals surface area contributed by atoms with E-state index in [0.717, 1.165) is 24.7 Å². The van der Waals surface area contributed by atoms with Gasteiger partial charge in [-0.2, -0.15) is 0 Å². The maximum atomic E-state index is 9.22. The summed E-state index contributed by atoms with van der Waals surface area (Å²) in [7, 11) is 0. The van der Waals surface area contributed by atoms with Gasteiger partial charge in [0.15, 0.2) is 0 Å². The Morgan fingerprint density at radius 3 is 1.90 bits per heavy atom. The van der Waals surface area contributed by atoms with E-state index in [1.165, 1.54) is 70.6 Å². The molecule has 0 aromatic heterocycles. The minimum absolute atomic E-state index is 0.0996. The van der Waals surface area contributed by atoms with Crippen molar-refractivity contribution in [2.45, 2.75) is 110 Å². The van der Waals surface area contributed by atoms with Gasteiger partial charge < -0.3 is 5.11 Å². The normalized spacial score (nSPS) is 26.2. The maximum absolute atomic E-state index is 9.22. The highest BCUT2D eigenvalue weighted by molar-refractivity contribution is 4.77. The van der Waals surface area contributed by atoms with Crippen LogP contribution in [0, 0.1) is 11.8 Å². The topological polar surface area (TPSA) is 20.2 Å². The van der Waals surface area contributed by atoms with E-state index >= 15 is 0 Å². The van der Waals surface area contributed by atoms with Crippen molar-refractivity contribution in [2.75, 3.05) is 6.56 Å². The molecule has 2 atom stereocenters. The highest BCUT2D eigenvalue weighted by Gasteiger charge is 2.25. The van der Waals surface area contributed by atoms with Gasteiger partial charge in [-0.1, -0.05) is 103 Å². The number of aliphatic hydroxyl groups is 1. The fourth-order valence-corrected chi connectivity index (χ4v) is 3.91. The second kappa shape index (κ2) is 13.6. The number of unbranched alkanes of at least 4 members (excludes halogenated alkanes) is 7. The summed E-state index contributed by atoms with van der Waals surface area (Å²) in [5.74, 6) is 1.76. The summed E-state index contributed by atoms with van der Waals surface area (Å²) in [6.45, 7) is -0.474. The van der Waals surface area contributed by atoms with E-state index in [0.29, 0.717) is 6.42 Å². The Hall–Kier alpha value is -0.0400. The van der Waals surface area contributed by atoms with Gasteiger partial charge in [0, 0.05) is 9.30 Å². The van der Waals surface area contributed by atoms with Crippen LogP contribution in [-0.2, 0) is 0 Å². The summed E-state index contributed by atoms with van der Waals surface area (Å²) in [5, 5.41) is 9.22. The maximum Gasteiger partial charge on any atom is 0.0564 e. The smallest absolute Gasteiger partial charge is 0.0564 e. The summed E-state index contributed by atoms with van der Waals surface area (Å²) < 4.78 is 29.5. The van der Waals surface area contributed by atoms with Gasteiger partial charge in [0.2, 0.25) is 0 Å². The quantitative estimate of drug-likeness (QED) is 0.364. The fourth-order valence-electron chi connectivity index (χ4n) is 3.91. The third-order valence-electron chi connectivity index (χ3n) is 5.20. The summed E-state index contributed by atoms with van der Waals surface area (Å²) in [6.07, 6.45) is 15.7. The predicted molar refractivity (Wildman–Crippen MR) is 93.6 cm³/mol. The molecule has 0 saturated heterocycles.